The van der Waals surface area contributed by atoms with Crippen LogP contribution < -0.4 is 4.72 Å². The molecular formula is C15H19NO2S. The number of nitrogens with one attached hydrogen (secondary N) is 1. The van der Waals surface area contributed by atoms with Crippen LogP contribution in [-0.2, 0) is 10.0 Å². The van der Waals surface area contributed by atoms with Crippen LogP contribution in [0.1, 0.15) is 27.2 Å². The first kappa shape index (κ1) is 14.0. The van der Waals surface area contributed by atoms with Crippen molar-refractivity contribution < 1.29 is 8.42 Å². The van der Waals surface area contributed by atoms with Crippen LogP contribution in [0.25, 0.3) is 0 Å². The lowest BCUT2D eigenvalue weighted by Crippen LogP contribution is -2.45. The molecule has 0 radical (unpaired) electrons. The maximum atomic E-state index is 12.4. The first-order chi connectivity index (χ1) is 8.81. The predicted molar refractivity (Wildman–Crippen MR) is 77.3 cm³/mol. The lowest BCUT2D eigenvalue weighted by Gasteiger charge is -2.31. The van der Waals surface area contributed by atoms with Gasteiger partial charge in [0, 0.05) is 0 Å². The van der Waals surface area contributed by atoms with Crippen LogP contribution in [-0.4, -0.2) is 14.0 Å². The van der Waals surface area contributed by atoms with E-state index in [9.17, 15) is 8.42 Å². The molecule has 0 saturated carbocycles. The fourth-order valence-corrected chi connectivity index (χ4v) is 4.02. The zero-order chi connectivity index (χ0) is 14.1. The third-order valence-corrected chi connectivity index (χ3v) is 4.72. The first-order valence-electron chi connectivity index (χ1n) is 6.26. The highest BCUT2D eigenvalue weighted by Crippen LogP contribution is 2.27. The van der Waals surface area contributed by atoms with Crippen molar-refractivity contribution in [3.63, 3.8) is 0 Å². The minimum Gasteiger partial charge on any atom is -0.207 e. The molecule has 0 amide bonds. The Kier molecular flexibility index (Phi) is 3.65. The Morgan fingerprint density at radius 2 is 1.79 bits per heavy atom. The highest BCUT2D eigenvalue weighted by molar-refractivity contribution is 7.89. The van der Waals surface area contributed by atoms with E-state index in [4.69, 9.17) is 0 Å². The second-order valence-corrected chi connectivity index (χ2v) is 7.07. The average Bonchev–Trinajstić information content (AvgIpc) is 2.26. The van der Waals surface area contributed by atoms with Crippen molar-refractivity contribution in [1.82, 2.24) is 4.72 Å². The Labute approximate surface area is 115 Å². The van der Waals surface area contributed by atoms with Crippen molar-refractivity contribution in [2.24, 2.45) is 0 Å². The molecule has 0 bridgehead atoms. The van der Waals surface area contributed by atoms with Gasteiger partial charge in [0.2, 0.25) is 10.0 Å². The quantitative estimate of drug-likeness (QED) is 0.923. The van der Waals surface area contributed by atoms with E-state index in [2.05, 4.69) is 10.8 Å². The van der Waals surface area contributed by atoms with Crippen LogP contribution in [0.4, 0.5) is 0 Å². The standard InChI is InChI=1S/C15H19NO2S/c1-12-9-13(2)11-15(3,10-12)16-19(17,18)14-7-5-4-6-8-14/h4-10,16H,11H2,1-3H3. The van der Waals surface area contributed by atoms with Gasteiger partial charge in [-0.25, -0.2) is 13.1 Å². The van der Waals surface area contributed by atoms with Gasteiger partial charge in [-0.2, -0.15) is 0 Å². The third kappa shape index (κ3) is 3.33. The molecule has 1 aliphatic carbocycles. The summed E-state index contributed by atoms with van der Waals surface area (Å²) in [5, 5.41) is 0. The van der Waals surface area contributed by atoms with Crippen LogP contribution in [0.2, 0.25) is 0 Å². The van der Waals surface area contributed by atoms with Gasteiger partial charge >= 0.3 is 0 Å². The van der Waals surface area contributed by atoms with E-state index in [0.29, 0.717) is 11.3 Å². The zero-order valence-electron chi connectivity index (χ0n) is 11.5. The highest BCUT2D eigenvalue weighted by atomic mass is 32.2. The van der Waals surface area contributed by atoms with Gasteiger partial charge in [-0.3, -0.25) is 0 Å². The SMILES string of the molecule is CC1=CC(C)(NS(=O)(=O)c2ccccc2)CC(C)=C1. The summed E-state index contributed by atoms with van der Waals surface area (Å²) in [6, 6.07) is 8.47. The molecule has 1 aromatic rings. The summed E-state index contributed by atoms with van der Waals surface area (Å²) in [6.45, 7) is 5.91. The molecule has 1 aliphatic rings. The maximum Gasteiger partial charge on any atom is 0.241 e. The molecule has 0 fully saturated rings. The Morgan fingerprint density at radius 1 is 1.16 bits per heavy atom. The second kappa shape index (κ2) is 4.94. The van der Waals surface area contributed by atoms with Crippen molar-refractivity contribution in [3.05, 3.63) is 53.6 Å². The summed E-state index contributed by atoms with van der Waals surface area (Å²) in [4.78, 5) is 0.300. The topological polar surface area (TPSA) is 46.2 Å². The molecule has 1 atom stereocenters. The number of hydrogen-bond acceptors (Lipinski definition) is 2. The minimum absolute atomic E-state index is 0.300. The molecule has 2 rings (SSSR count). The predicted octanol–water partition coefficient (Wildman–Crippen LogP) is 3.02. The van der Waals surface area contributed by atoms with Gasteiger partial charge in [0.15, 0.2) is 0 Å². The van der Waals surface area contributed by atoms with Crippen molar-refractivity contribution >= 4 is 10.0 Å². The van der Waals surface area contributed by atoms with E-state index in [0.717, 1.165) is 5.57 Å². The molecule has 4 heteroatoms. The van der Waals surface area contributed by atoms with Crippen molar-refractivity contribution in [1.29, 1.82) is 0 Å². The van der Waals surface area contributed by atoms with E-state index in [1.165, 1.54) is 5.57 Å². The van der Waals surface area contributed by atoms with E-state index in [-0.39, 0.29) is 0 Å². The molecule has 1 N–H and O–H groups in total. The molecule has 0 spiro atoms. The Morgan fingerprint density at radius 3 is 2.37 bits per heavy atom. The number of hydrogen-bond donors (Lipinski definition) is 1. The number of sulfonamides is 1. The molecule has 19 heavy (non-hydrogen) atoms. The van der Waals surface area contributed by atoms with Crippen molar-refractivity contribution in [3.8, 4) is 0 Å². The lowest BCUT2D eigenvalue weighted by atomic mass is 9.87. The van der Waals surface area contributed by atoms with E-state index in [1.807, 2.05) is 26.8 Å². The third-order valence-electron chi connectivity index (χ3n) is 3.09. The normalized spacial score (nSPS) is 23.7. The Bertz CT molecular complexity index is 629. The van der Waals surface area contributed by atoms with Gasteiger partial charge in [-0.1, -0.05) is 41.5 Å². The molecule has 1 aromatic carbocycles. The number of benzene rings is 1. The fraction of sp³-hybridized carbons (Fsp3) is 0.333. The summed E-state index contributed by atoms with van der Waals surface area (Å²) in [5.74, 6) is 0. The first-order valence-corrected chi connectivity index (χ1v) is 7.75. The van der Waals surface area contributed by atoms with E-state index >= 15 is 0 Å². The second-order valence-electron chi connectivity index (χ2n) is 5.39. The molecule has 3 nitrogen and oxygen atoms in total. The molecule has 0 aromatic heterocycles. The largest absolute Gasteiger partial charge is 0.241 e. The monoisotopic (exact) mass is 277 g/mol. The average molecular weight is 277 g/mol. The zero-order valence-corrected chi connectivity index (χ0v) is 12.3. The molecule has 0 saturated heterocycles. The number of rotatable bonds is 3. The number of allylic oxidation sites excluding steroid dienone is 2. The Hall–Kier alpha value is -1.39. The summed E-state index contributed by atoms with van der Waals surface area (Å²) in [6.07, 6.45) is 4.75. The van der Waals surface area contributed by atoms with E-state index < -0.39 is 15.6 Å². The summed E-state index contributed by atoms with van der Waals surface area (Å²) in [5.41, 5.74) is 1.71. The lowest BCUT2D eigenvalue weighted by molar-refractivity contribution is 0.488. The Balaban J connectivity index is 2.29. The molecule has 0 heterocycles. The van der Waals surface area contributed by atoms with Crippen molar-refractivity contribution in [2.75, 3.05) is 0 Å². The molecule has 102 valence electrons. The van der Waals surface area contributed by atoms with Crippen LogP contribution in [0.3, 0.4) is 0 Å². The van der Waals surface area contributed by atoms with Gasteiger partial charge < -0.3 is 0 Å². The van der Waals surface area contributed by atoms with Gasteiger partial charge in [0.25, 0.3) is 0 Å². The van der Waals surface area contributed by atoms with Gasteiger partial charge in [-0.15, -0.1) is 0 Å². The molecule has 0 aliphatic heterocycles. The minimum atomic E-state index is -3.49. The fourth-order valence-electron chi connectivity index (χ4n) is 2.65. The molecule has 1 unspecified atom stereocenters. The summed E-state index contributed by atoms with van der Waals surface area (Å²) in [7, 11) is -3.49. The van der Waals surface area contributed by atoms with Crippen molar-refractivity contribution in [2.45, 2.75) is 37.6 Å². The van der Waals surface area contributed by atoms with Crippen LogP contribution in [0, 0.1) is 0 Å². The summed E-state index contributed by atoms with van der Waals surface area (Å²) < 4.78 is 27.5. The van der Waals surface area contributed by atoms with Gasteiger partial charge in [-0.05, 0) is 39.3 Å². The summed E-state index contributed by atoms with van der Waals surface area (Å²) >= 11 is 0. The maximum absolute atomic E-state index is 12.4. The van der Waals surface area contributed by atoms with Crippen LogP contribution in [0.15, 0.2) is 58.5 Å². The van der Waals surface area contributed by atoms with Gasteiger partial charge in [0.05, 0.1) is 10.4 Å². The highest BCUT2D eigenvalue weighted by Gasteiger charge is 2.30. The van der Waals surface area contributed by atoms with E-state index in [1.54, 1.807) is 30.3 Å². The van der Waals surface area contributed by atoms with Crippen LogP contribution in [0.5, 0.6) is 0 Å². The smallest absolute Gasteiger partial charge is 0.207 e. The molecular weight excluding hydrogens is 258 g/mol. The van der Waals surface area contributed by atoms with Gasteiger partial charge in [0.1, 0.15) is 0 Å². The van der Waals surface area contributed by atoms with Crippen LogP contribution >= 0.6 is 0 Å².